The Morgan fingerprint density at radius 3 is 2.60 bits per heavy atom. The van der Waals surface area contributed by atoms with Crippen molar-refractivity contribution < 1.29 is 9.84 Å². The van der Waals surface area contributed by atoms with E-state index in [1.807, 2.05) is 6.08 Å². The lowest BCUT2D eigenvalue weighted by molar-refractivity contribution is -0.205. The molecule has 1 aromatic heterocycles. The van der Waals surface area contributed by atoms with Gasteiger partial charge in [-0.2, -0.15) is 5.26 Å². The van der Waals surface area contributed by atoms with Crippen molar-refractivity contribution in [2.24, 2.45) is 16.7 Å². The Bertz CT molecular complexity index is 1180. The lowest BCUT2D eigenvalue weighted by atomic mass is 9.40. The Morgan fingerprint density at radius 2 is 1.93 bits per heavy atom. The number of epoxide rings is 1. The molecule has 4 aliphatic rings. The van der Waals surface area contributed by atoms with Gasteiger partial charge in [0.15, 0.2) is 0 Å². The SMILES string of the molecule is C=CC1(C)CCC2C(C)(C)c3cccc4[nH]c5c(c34)C2(O)C1(C#N)C1OC1C5(C)C. The normalized spacial score (nSPS) is 44.0. The second-order valence-corrected chi connectivity index (χ2v) is 11.4. The van der Waals surface area contributed by atoms with E-state index >= 15 is 0 Å². The fraction of sp³-hybridized carbons (Fsp3) is 0.577. The topological polar surface area (TPSA) is 72.3 Å². The molecule has 30 heavy (non-hydrogen) atoms. The van der Waals surface area contributed by atoms with Crippen LogP contribution in [0.15, 0.2) is 30.9 Å². The number of nitrogens with one attached hydrogen (secondary N) is 1. The molecule has 0 bridgehead atoms. The van der Waals surface area contributed by atoms with Crippen molar-refractivity contribution in [1.29, 1.82) is 5.26 Å². The number of allylic oxidation sites excluding steroid dienone is 1. The predicted octanol–water partition coefficient (Wildman–Crippen LogP) is 4.82. The summed E-state index contributed by atoms with van der Waals surface area (Å²) in [6.45, 7) is 15.1. The minimum atomic E-state index is -1.32. The summed E-state index contributed by atoms with van der Waals surface area (Å²) in [5.41, 5.74) is 0.746. The van der Waals surface area contributed by atoms with Gasteiger partial charge in [0.05, 0.1) is 12.2 Å². The first-order valence-corrected chi connectivity index (χ1v) is 11.1. The van der Waals surface area contributed by atoms with E-state index < -0.39 is 16.4 Å². The summed E-state index contributed by atoms with van der Waals surface area (Å²) in [6, 6.07) is 9.12. The first-order valence-electron chi connectivity index (χ1n) is 11.1. The van der Waals surface area contributed by atoms with Gasteiger partial charge in [0.25, 0.3) is 0 Å². The van der Waals surface area contributed by atoms with Gasteiger partial charge in [0.1, 0.15) is 17.1 Å². The van der Waals surface area contributed by atoms with Crippen molar-refractivity contribution in [3.63, 3.8) is 0 Å². The van der Waals surface area contributed by atoms with Crippen LogP contribution >= 0.6 is 0 Å². The molecule has 0 spiro atoms. The van der Waals surface area contributed by atoms with Gasteiger partial charge in [0, 0.05) is 38.9 Å². The van der Waals surface area contributed by atoms with Gasteiger partial charge in [-0.15, -0.1) is 6.58 Å². The third-order valence-corrected chi connectivity index (χ3v) is 9.63. The first kappa shape index (κ1) is 18.7. The van der Waals surface area contributed by atoms with E-state index in [1.54, 1.807) is 0 Å². The van der Waals surface area contributed by atoms with Gasteiger partial charge < -0.3 is 14.8 Å². The number of aromatic nitrogens is 1. The molecule has 2 fully saturated rings. The molecule has 1 saturated carbocycles. The van der Waals surface area contributed by atoms with E-state index in [0.717, 1.165) is 35.0 Å². The predicted molar refractivity (Wildman–Crippen MR) is 116 cm³/mol. The van der Waals surface area contributed by atoms with Crippen LogP contribution in [-0.2, 0) is 21.2 Å². The highest BCUT2D eigenvalue weighted by Gasteiger charge is 2.81. The van der Waals surface area contributed by atoms with Crippen molar-refractivity contribution in [2.75, 3.05) is 0 Å². The zero-order chi connectivity index (χ0) is 21.5. The van der Waals surface area contributed by atoms with Crippen molar-refractivity contribution in [2.45, 2.75) is 76.1 Å². The molecule has 1 saturated heterocycles. The summed E-state index contributed by atoms with van der Waals surface area (Å²) in [7, 11) is 0. The zero-order valence-corrected chi connectivity index (χ0v) is 18.5. The summed E-state index contributed by atoms with van der Waals surface area (Å²) in [4.78, 5) is 3.68. The standard InChI is InChI=1S/C26H30N2O2/c1-7-24(6)12-11-16-22(2,3)14-9-8-10-15-17(14)18-19(28-15)23(4,5)20-21(30-20)25(24,13-27)26(16,18)29/h7-10,16,20-21,28-29H,1,11-12H2,2-6H3. The van der Waals surface area contributed by atoms with Crippen molar-refractivity contribution in [1.82, 2.24) is 4.98 Å². The highest BCUT2D eigenvalue weighted by molar-refractivity contribution is 5.92. The molecule has 4 heteroatoms. The number of aliphatic hydroxyl groups is 1. The van der Waals surface area contributed by atoms with Crippen LogP contribution in [-0.4, -0.2) is 22.3 Å². The minimum absolute atomic E-state index is 0.0796. The van der Waals surface area contributed by atoms with Gasteiger partial charge in [-0.05, 0) is 29.9 Å². The van der Waals surface area contributed by atoms with Crippen LogP contribution in [0.2, 0.25) is 0 Å². The molecule has 2 N–H and O–H groups in total. The summed E-state index contributed by atoms with van der Waals surface area (Å²) >= 11 is 0. The number of H-pyrrole nitrogens is 1. The summed E-state index contributed by atoms with van der Waals surface area (Å²) in [5.74, 6) is -0.0796. The summed E-state index contributed by atoms with van der Waals surface area (Å²) in [6.07, 6.45) is 3.15. The Morgan fingerprint density at radius 1 is 1.20 bits per heavy atom. The maximum atomic E-state index is 13.0. The molecular formula is C26H30N2O2. The summed E-state index contributed by atoms with van der Waals surface area (Å²) < 4.78 is 6.34. The van der Waals surface area contributed by atoms with E-state index in [9.17, 15) is 10.4 Å². The van der Waals surface area contributed by atoms with E-state index in [-0.39, 0.29) is 29.0 Å². The van der Waals surface area contributed by atoms with Gasteiger partial charge >= 0.3 is 0 Å². The minimum Gasteiger partial charge on any atom is -0.383 e. The fourth-order valence-electron chi connectivity index (χ4n) is 7.87. The molecule has 6 rings (SSSR count). The second kappa shape index (κ2) is 4.87. The molecule has 1 aliphatic heterocycles. The molecule has 2 aromatic rings. The van der Waals surface area contributed by atoms with Crippen LogP contribution < -0.4 is 0 Å². The van der Waals surface area contributed by atoms with Crippen LogP contribution in [0, 0.1) is 28.1 Å². The van der Waals surface area contributed by atoms with E-state index in [4.69, 9.17) is 4.74 Å². The van der Waals surface area contributed by atoms with Crippen molar-refractivity contribution in [3.05, 3.63) is 47.7 Å². The lowest BCUT2D eigenvalue weighted by Crippen LogP contribution is -2.67. The number of hydrogen-bond donors (Lipinski definition) is 2. The van der Waals surface area contributed by atoms with E-state index in [0.29, 0.717) is 0 Å². The number of nitriles is 1. The van der Waals surface area contributed by atoms with Crippen LogP contribution in [0.4, 0.5) is 0 Å². The average molecular weight is 403 g/mol. The Balaban J connectivity index is 1.88. The third kappa shape index (κ3) is 1.55. The number of aromatic amines is 1. The van der Waals surface area contributed by atoms with E-state index in [1.165, 1.54) is 5.56 Å². The Kier molecular flexibility index (Phi) is 3.03. The molecule has 3 aliphatic carbocycles. The summed E-state index contributed by atoms with van der Waals surface area (Å²) in [5, 5.41) is 25.0. The largest absolute Gasteiger partial charge is 0.383 e. The number of ether oxygens (including phenoxy) is 1. The fourth-order valence-corrected chi connectivity index (χ4v) is 7.87. The number of fused-ring (bicyclic) bond motifs is 2. The number of nitrogens with zero attached hydrogens (tertiary/aromatic N) is 1. The molecule has 156 valence electrons. The van der Waals surface area contributed by atoms with Crippen molar-refractivity contribution >= 4 is 10.9 Å². The highest BCUT2D eigenvalue weighted by Crippen LogP contribution is 2.75. The maximum Gasteiger partial charge on any atom is 0.128 e. The van der Waals surface area contributed by atoms with Gasteiger partial charge in [0.2, 0.25) is 0 Å². The lowest BCUT2D eigenvalue weighted by Gasteiger charge is -2.63. The van der Waals surface area contributed by atoms with Crippen molar-refractivity contribution in [3.8, 4) is 6.07 Å². The molecule has 0 amide bonds. The smallest absolute Gasteiger partial charge is 0.128 e. The molecule has 4 nitrogen and oxygen atoms in total. The molecule has 1 aromatic carbocycles. The molecular weight excluding hydrogens is 372 g/mol. The van der Waals surface area contributed by atoms with E-state index in [2.05, 4.69) is 70.4 Å². The molecule has 0 radical (unpaired) electrons. The molecule has 6 atom stereocenters. The van der Waals surface area contributed by atoms with Gasteiger partial charge in [-0.25, -0.2) is 0 Å². The second-order valence-electron chi connectivity index (χ2n) is 11.4. The first-order chi connectivity index (χ1) is 14.0. The highest BCUT2D eigenvalue weighted by atomic mass is 16.6. The van der Waals surface area contributed by atoms with Gasteiger partial charge in [-0.1, -0.05) is 52.8 Å². The maximum absolute atomic E-state index is 13.0. The monoisotopic (exact) mass is 402 g/mol. The quantitative estimate of drug-likeness (QED) is 0.531. The van der Waals surface area contributed by atoms with Crippen LogP contribution in [0.25, 0.3) is 10.9 Å². The third-order valence-electron chi connectivity index (χ3n) is 9.63. The van der Waals surface area contributed by atoms with Crippen LogP contribution in [0.3, 0.4) is 0 Å². The average Bonchev–Trinajstić information content (AvgIpc) is 3.40. The van der Waals surface area contributed by atoms with Crippen LogP contribution in [0.5, 0.6) is 0 Å². The van der Waals surface area contributed by atoms with Crippen LogP contribution in [0.1, 0.15) is 64.3 Å². The number of hydrogen-bond acceptors (Lipinski definition) is 3. The van der Waals surface area contributed by atoms with Gasteiger partial charge in [-0.3, -0.25) is 0 Å². The number of rotatable bonds is 1. The molecule has 2 heterocycles. The molecule has 6 unspecified atom stereocenters. The Labute approximate surface area is 177 Å². The Hall–Kier alpha value is -2.09. The number of benzene rings is 1. The zero-order valence-electron chi connectivity index (χ0n) is 18.5.